The number of pyridine rings is 1. The molecular formula is C30H34F2N6O2. The summed E-state index contributed by atoms with van der Waals surface area (Å²) in [7, 11) is 0. The van der Waals surface area contributed by atoms with Gasteiger partial charge in [0.1, 0.15) is 0 Å². The van der Waals surface area contributed by atoms with Gasteiger partial charge in [0.15, 0.2) is 5.82 Å². The van der Waals surface area contributed by atoms with E-state index in [0.29, 0.717) is 45.1 Å². The van der Waals surface area contributed by atoms with Crippen LogP contribution in [0.3, 0.4) is 0 Å². The molecule has 0 bridgehead atoms. The number of anilines is 4. The number of hydrogen-bond donors (Lipinski definition) is 0. The van der Waals surface area contributed by atoms with Crippen LogP contribution in [0.2, 0.25) is 0 Å². The van der Waals surface area contributed by atoms with Crippen molar-refractivity contribution >= 4 is 28.8 Å². The third kappa shape index (κ3) is 4.24. The van der Waals surface area contributed by atoms with Gasteiger partial charge in [0.2, 0.25) is 5.91 Å². The Hall–Kier alpha value is -3.53. The van der Waals surface area contributed by atoms with E-state index in [4.69, 9.17) is 9.84 Å². The van der Waals surface area contributed by atoms with Gasteiger partial charge in [-0.3, -0.25) is 14.5 Å². The van der Waals surface area contributed by atoms with E-state index >= 15 is 0 Å². The van der Waals surface area contributed by atoms with Crippen LogP contribution in [0.1, 0.15) is 66.6 Å². The number of aryl methyl sites for hydroxylation is 1. The molecule has 40 heavy (non-hydrogen) atoms. The lowest BCUT2D eigenvalue weighted by Gasteiger charge is -2.34. The number of alkyl halides is 2. The van der Waals surface area contributed by atoms with Crippen LogP contribution >= 0.6 is 0 Å². The van der Waals surface area contributed by atoms with Gasteiger partial charge in [0.25, 0.3) is 6.43 Å². The summed E-state index contributed by atoms with van der Waals surface area (Å²) >= 11 is 0. The Morgan fingerprint density at radius 3 is 2.65 bits per heavy atom. The number of hydrogen-bond acceptors (Lipinski definition) is 6. The lowest BCUT2D eigenvalue weighted by Crippen LogP contribution is -2.36. The van der Waals surface area contributed by atoms with Crippen LogP contribution in [-0.2, 0) is 35.3 Å². The van der Waals surface area contributed by atoms with Gasteiger partial charge in [-0.25, -0.2) is 8.78 Å². The molecule has 0 radical (unpaired) electrons. The minimum atomic E-state index is -2.62. The van der Waals surface area contributed by atoms with Crippen molar-refractivity contribution in [1.29, 1.82) is 0 Å². The second-order valence-corrected chi connectivity index (χ2v) is 11.2. The maximum atomic E-state index is 14.7. The summed E-state index contributed by atoms with van der Waals surface area (Å²) < 4.78 is 37.1. The summed E-state index contributed by atoms with van der Waals surface area (Å²) in [6, 6.07) is 5.87. The zero-order valence-corrected chi connectivity index (χ0v) is 22.8. The van der Waals surface area contributed by atoms with Crippen molar-refractivity contribution in [3.8, 4) is 0 Å². The highest BCUT2D eigenvalue weighted by Gasteiger charge is 2.35. The van der Waals surface area contributed by atoms with Crippen molar-refractivity contribution in [2.75, 3.05) is 42.6 Å². The molecule has 0 spiro atoms. The monoisotopic (exact) mass is 548 g/mol. The summed E-state index contributed by atoms with van der Waals surface area (Å²) in [5.74, 6) is 0.844. The number of carbonyl (C=O) groups is 1. The van der Waals surface area contributed by atoms with Crippen LogP contribution in [-0.4, -0.2) is 58.4 Å². The molecule has 6 heterocycles. The van der Waals surface area contributed by atoms with Crippen LogP contribution < -0.4 is 9.80 Å². The number of carbonyl (C=O) groups excluding carboxylic acids is 1. The second kappa shape index (κ2) is 10.1. The van der Waals surface area contributed by atoms with Gasteiger partial charge in [0, 0.05) is 74.9 Å². The van der Waals surface area contributed by atoms with E-state index in [1.807, 2.05) is 21.9 Å². The van der Waals surface area contributed by atoms with Gasteiger partial charge in [-0.2, -0.15) is 5.10 Å². The van der Waals surface area contributed by atoms with Gasteiger partial charge >= 0.3 is 0 Å². The molecule has 0 unspecified atom stereocenters. The molecule has 0 atom stereocenters. The SMILES string of the molecule is CC(=O)N1CCc2c(c(N3CCCc4cc(N5CCc6ccncc65)c(C(F)F)cc43)nn2C2CCOCC2)C1. The third-order valence-corrected chi connectivity index (χ3v) is 8.96. The molecule has 2 aromatic heterocycles. The van der Waals surface area contributed by atoms with Crippen molar-refractivity contribution in [3.63, 3.8) is 0 Å². The lowest BCUT2D eigenvalue weighted by atomic mass is 9.96. The second-order valence-electron chi connectivity index (χ2n) is 11.2. The molecular weight excluding hydrogens is 514 g/mol. The molecule has 1 aromatic carbocycles. The van der Waals surface area contributed by atoms with E-state index in [2.05, 4.69) is 14.6 Å². The zero-order valence-electron chi connectivity index (χ0n) is 22.8. The molecule has 10 heteroatoms. The van der Waals surface area contributed by atoms with E-state index in [1.54, 1.807) is 25.4 Å². The Kier molecular flexibility index (Phi) is 6.45. The quantitative estimate of drug-likeness (QED) is 0.444. The number of benzene rings is 1. The van der Waals surface area contributed by atoms with Crippen molar-refractivity contribution in [3.05, 3.63) is 58.5 Å². The summed E-state index contributed by atoms with van der Waals surface area (Å²) in [5, 5.41) is 5.18. The first-order valence-corrected chi connectivity index (χ1v) is 14.4. The Balaban J connectivity index is 1.33. The topological polar surface area (TPSA) is 66.7 Å². The van der Waals surface area contributed by atoms with E-state index in [1.165, 1.54) is 5.69 Å². The number of fused-ring (bicyclic) bond motifs is 3. The molecule has 3 aromatic rings. The molecule has 210 valence electrons. The smallest absolute Gasteiger partial charge is 0.265 e. The molecule has 7 rings (SSSR count). The van der Waals surface area contributed by atoms with Crippen molar-refractivity contribution < 1.29 is 18.3 Å². The molecule has 0 saturated carbocycles. The minimum Gasteiger partial charge on any atom is -0.381 e. The van der Waals surface area contributed by atoms with Crippen LogP contribution in [0.15, 0.2) is 30.6 Å². The van der Waals surface area contributed by atoms with Gasteiger partial charge in [-0.15, -0.1) is 0 Å². The van der Waals surface area contributed by atoms with Gasteiger partial charge in [-0.1, -0.05) is 0 Å². The average molecular weight is 549 g/mol. The summed E-state index contributed by atoms with van der Waals surface area (Å²) in [6.45, 7) is 5.53. The van der Waals surface area contributed by atoms with Gasteiger partial charge in [0.05, 0.1) is 30.2 Å². The van der Waals surface area contributed by atoms with Crippen molar-refractivity contribution in [1.82, 2.24) is 19.7 Å². The predicted molar refractivity (Wildman–Crippen MR) is 148 cm³/mol. The first-order valence-electron chi connectivity index (χ1n) is 14.4. The molecule has 0 N–H and O–H groups in total. The molecule has 4 aliphatic rings. The largest absolute Gasteiger partial charge is 0.381 e. The number of aromatic nitrogens is 3. The Morgan fingerprint density at radius 1 is 1.00 bits per heavy atom. The number of ether oxygens (including phenoxy) is 1. The fourth-order valence-electron chi connectivity index (χ4n) is 6.88. The zero-order chi connectivity index (χ0) is 27.4. The van der Waals surface area contributed by atoms with Gasteiger partial charge in [-0.05, 0) is 61.4 Å². The van der Waals surface area contributed by atoms with E-state index < -0.39 is 6.43 Å². The Bertz CT molecular complexity index is 1450. The fraction of sp³-hybridized carbons (Fsp3) is 0.500. The first kappa shape index (κ1) is 25.4. The number of halogens is 2. The first-order chi connectivity index (χ1) is 19.5. The lowest BCUT2D eigenvalue weighted by molar-refractivity contribution is -0.129. The highest BCUT2D eigenvalue weighted by atomic mass is 19.3. The number of nitrogens with zero attached hydrogens (tertiary/aromatic N) is 6. The standard InChI is InChI=1S/C30H34F2N6O2/c1-19(39)35-11-6-25-24(18-35)30(34-38(25)22-7-13-40-14-8-22)37-10-2-3-21-15-27(23(29(31)32)16-26(21)37)36-12-5-20-4-9-33-17-28(20)36/h4,9,15-17,22,29H,2-3,5-8,10-14,18H2,1H3. The number of rotatable bonds is 4. The molecule has 4 aliphatic heterocycles. The summed E-state index contributed by atoms with van der Waals surface area (Å²) in [5.41, 5.74) is 6.71. The minimum absolute atomic E-state index is 0.0328. The van der Waals surface area contributed by atoms with E-state index in [0.717, 1.165) is 72.4 Å². The third-order valence-electron chi connectivity index (χ3n) is 8.96. The van der Waals surface area contributed by atoms with Crippen LogP contribution in [0.4, 0.5) is 31.7 Å². The van der Waals surface area contributed by atoms with E-state index in [9.17, 15) is 13.6 Å². The van der Waals surface area contributed by atoms with Crippen molar-refractivity contribution in [2.45, 2.75) is 64.5 Å². The summed E-state index contributed by atoms with van der Waals surface area (Å²) in [4.78, 5) is 22.6. The maximum Gasteiger partial charge on any atom is 0.265 e. The van der Waals surface area contributed by atoms with Gasteiger partial charge < -0.3 is 19.4 Å². The molecule has 8 nitrogen and oxygen atoms in total. The van der Waals surface area contributed by atoms with Crippen LogP contribution in [0, 0.1) is 0 Å². The Morgan fingerprint density at radius 2 is 1.85 bits per heavy atom. The average Bonchev–Trinajstić information content (AvgIpc) is 3.58. The van der Waals surface area contributed by atoms with Crippen LogP contribution in [0.5, 0.6) is 0 Å². The fourth-order valence-corrected chi connectivity index (χ4v) is 6.88. The highest BCUT2D eigenvalue weighted by molar-refractivity contribution is 5.79. The van der Waals surface area contributed by atoms with Crippen molar-refractivity contribution in [2.24, 2.45) is 0 Å². The normalized spacial score (nSPS) is 19.1. The van der Waals surface area contributed by atoms with Crippen LogP contribution in [0.25, 0.3) is 0 Å². The molecule has 0 aliphatic carbocycles. The number of amides is 1. The maximum absolute atomic E-state index is 14.7. The molecule has 1 amide bonds. The summed E-state index contributed by atoms with van der Waals surface area (Å²) in [6.07, 6.45) is 5.97. The highest BCUT2D eigenvalue weighted by Crippen LogP contribution is 2.46. The predicted octanol–water partition coefficient (Wildman–Crippen LogP) is 5.25. The molecule has 1 saturated heterocycles. The van der Waals surface area contributed by atoms with E-state index in [-0.39, 0.29) is 17.5 Å². The Labute approximate surface area is 232 Å². The molecule has 1 fully saturated rings.